The van der Waals surface area contributed by atoms with E-state index < -0.39 is 0 Å². The van der Waals surface area contributed by atoms with Gasteiger partial charge in [-0.1, -0.05) is 99.3 Å². The number of hydrogen-bond acceptors (Lipinski definition) is 2. The molecule has 2 aliphatic carbocycles. The number of rotatable bonds is 5. The molecule has 0 spiro atoms. The largest absolute Gasteiger partial charge is 0.400 e. The lowest BCUT2D eigenvalue weighted by Crippen LogP contribution is -2.24. The van der Waals surface area contributed by atoms with Crippen LogP contribution >= 0.6 is 0 Å². The van der Waals surface area contributed by atoms with Crippen LogP contribution in [-0.2, 0) is 0 Å². The average molecular weight is 483 g/mol. The SMILES string of the molecule is C=C(/C=C\C)N(C1=C(N)CCC=C1)c1ccc(-c2ccc3c4c(cccc24)-c2ccccc2-3)cc1.CC. The molecule has 0 bridgehead atoms. The van der Waals surface area contributed by atoms with Gasteiger partial charge in [-0.05, 0) is 88.2 Å². The Labute approximate surface area is 220 Å². The summed E-state index contributed by atoms with van der Waals surface area (Å²) in [6.45, 7) is 10.3. The van der Waals surface area contributed by atoms with Gasteiger partial charge in [0.05, 0.1) is 5.70 Å². The molecule has 0 aliphatic heterocycles. The maximum absolute atomic E-state index is 6.43. The van der Waals surface area contributed by atoms with Crippen LogP contribution in [0.1, 0.15) is 33.6 Å². The standard InChI is InChI=1S/C33H28N2.C2H6/c1-3-9-22(2)35(32-15-7-6-14-31(32)34)24-18-16-23(17-19-24)25-20-21-30-27-11-5-4-10-26(27)29-13-8-12-28(25)33(29)30;1-2/h3-5,7-13,15-21H,2,6,14,34H2,1H3;1-2H3/b9-3-;. The third-order valence-electron chi connectivity index (χ3n) is 7.06. The number of hydrogen-bond donors (Lipinski definition) is 1. The van der Waals surface area contributed by atoms with Gasteiger partial charge in [0.25, 0.3) is 0 Å². The fourth-order valence-corrected chi connectivity index (χ4v) is 5.46. The highest BCUT2D eigenvalue weighted by Gasteiger charge is 2.22. The molecular weight excluding hydrogens is 448 g/mol. The zero-order chi connectivity index (χ0) is 25.9. The number of anilines is 1. The second-order valence-corrected chi connectivity index (χ2v) is 9.16. The first-order valence-electron chi connectivity index (χ1n) is 13.2. The summed E-state index contributed by atoms with van der Waals surface area (Å²) < 4.78 is 0. The van der Waals surface area contributed by atoms with Crippen molar-refractivity contribution in [3.05, 3.63) is 127 Å². The Morgan fingerprint density at radius 3 is 2.14 bits per heavy atom. The summed E-state index contributed by atoms with van der Waals surface area (Å²) in [6, 6.07) is 28.7. The smallest absolute Gasteiger partial charge is 0.0645 e. The second kappa shape index (κ2) is 10.4. The van der Waals surface area contributed by atoms with Crippen molar-refractivity contribution < 1.29 is 0 Å². The summed E-state index contributed by atoms with van der Waals surface area (Å²) in [6.07, 6.45) is 10.2. The molecule has 0 saturated carbocycles. The van der Waals surface area contributed by atoms with Crippen LogP contribution in [0.5, 0.6) is 0 Å². The molecule has 37 heavy (non-hydrogen) atoms. The minimum Gasteiger partial charge on any atom is -0.400 e. The van der Waals surface area contributed by atoms with Crippen LogP contribution in [0.15, 0.2) is 127 Å². The van der Waals surface area contributed by atoms with E-state index in [1.165, 1.54) is 44.2 Å². The third kappa shape index (κ3) is 4.19. The molecule has 2 N–H and O–H groups in total. The van der Waals surface area contributed by atoms with Gasteiger partial charge in [0, 0.05) is 17.1 Å². The molecule has 2 nitrogen and oxygen atoms in total. The molecule has 0 unspecified atom stereocenters. The van der Waals surface area contributed by atoms with Crippen molar-refractivity contribution >= 4 is 16.5 Å². The maximum Gasteiger partial charge on any atom is 0.0645 e. The maximum atomic E-state index is 6.43. The highest BCUT2D eigenvalue weighted by Crippen LogP contribution is 2.49. The van der Waals surface area contributed by atoms with Crippen molar-refractivity contribution in [3.8, 4) is 33.4 Å². The van der Waals surface area contributed by atoms with Gasteiger partial charge in [0.15, 0.2) is 0 Å². The molecule has 0 fully saturated rings. The Hall–Kier alpha value is -4.30. The van der Waals surface area contributed by atoms with E-state index in [-0.39, 0.29) is 0 Å². The number of fused-ring (bicyclic) bond motifs is 3. The van der Waals surface area contributed by atoms with E-state index in [0.29, 0.717) is 0 Å². The Balaban J connectivity index is 0.00000137. The van der Waals surface area contributed by atoms with E-state index in [1.807, 2.05) is 32.9 Å². The molecule has 0 amide bonds. The molecule has 4 aromatic carbocycles. The van der Waals surface area contributed by atoms with Gasteiger partial charge in [-0.2, -0.15) is 0 Å². The lowest BCUT2D eigenvalue weighted by molar-refractivity contribution is 0.900. The second-order valence-electron chi connectivity index (χ2n) is 9.16. The summed E-state index contributed by atoms with van der Waals surface area (Å²) in [5.41, 5.74) is 18.0. The fraction of sp³-hybridized carbons (Fsp3) is 0.143. The fourth-order valence-electron chi connectivity index (χ4n) is 5.46. The first kappa shape index (κ1) is 24.4. The lowest BCUT2D eigenvalue weighted by atomic mass is 9.94. The molecule has 0 saturated heterocycles. The highest BCUT2D eigenvalue weighted by atomic mass is 15.2. The Morgan fingerprint density at radius 1 is 0.811 bits per heavy atom. The van der Waals surface area contributed by atoms with E-state index in [1.54, 1.807) is 0 Å². The summed E-state index contributed by atoms with van der Waals surface area (Å²) >= 11 is 0. The molecule has 2 heteroatoms. The summed E-state index contributed by atoms with van der Waals surface area (Å²) in [4.78, 5) is 2.15. The molecule has 0 radical (unpaired) electrons. The van der Waals surface area contributed by atoms with Crippen molar-refractivity contribution in [2.45, 2.75) is 33.6 Å². The number of benzene rings is 4. The van der Waals surface area contributed by atoms with Crippen molar-refractivity contribution in [2.75, 3.05) is 4.90 Å². The molecule has 0 atom stereocenters. The van der Waals surface area contributed by atoms with Gasteiger partial charge in [-0.25, -0.2) is 0 Å². The van der Waals surface area contributed by atoms with Crippen LogP contribution in [0, 0.1) is 0 Å². The van der Waals surface area contributed by atoms with Crippen LogP contribution < -0.4 is 10.6 Å². The minimum absolute atomic E-state index is 0.868. The van der Waals surface area contributed by atoms with Crippen LogP contribution in [0.4, 0.5) is 5.69 Å². The summed E-state index contributed by atoms with van der Waals surface area (Å²) in [5, 5.41) is 2.64. The Kier molecular flexibility index (Phi) is 6.83. The van der Waals surface area contributed by atoms with Gasteiger partial charge in [0.2, 0.25) is 0 Å². The number of nitrogens with zero attached hydrogens (tertiary/aromatic N) is 1. The van der Waals surface area contributed by atoms with E-state index in [2.05, 4.69) is 102 Å². The van der Waals surface area contributed by atoms with E-state index in [4.69, 9.17) is 5.73 Å². The van der Waals surface area contributed by atoms with Crippen molar-refractivity contribution in [1.82, 2.24) is 0 Å². The first-order valence-corrected chi connectivity index (χ1v) is 13.2. The lowest BCUT2D eigenvalue weighted by Gasteiger charge is -2.29. The normalized spacial score (nSPS) is 13.5. The van der Waals surface area contributed by atoms with Crippen molar-refractivity contribution in [3.63, 3.8) is 0 Å². The molecule has 2 aliphatic rings. The summed E-state index contributed by atoms with van der Waals surface area (Å²) in [7, 11) is 0. The number of nitrogens with two attached hydrogens (primary N) is 1. The van der Waals surface area contributed by atoms with Gasteiger partial charge in [-0.15, -0.1) is 0 Å². The third-order valence-corrected chi connectivity index (χ3v) is 7.06. The van der Waals surface area contributed by atoms with E-state index in [0.717, 1.165) is 35.6 Å². The number of allylic oxidation sites excluding steroid dienone is 5. The van der Waals surface area contributed by atoms with Crippen molar-refractivity contribution in [1.29, 1.82) is 0 Å². The predicted molar refractivity (Wildman–Crippen MR) is 161 cm³/mol. The molecule has 0 heterocycles. The van der Waals surface area contributed by atoms with Gasteiger partial charge >= 0.3 is 0 Å². The molecule has 184 valence electrons. The molecular formula is C35H34N2. The van der Waals surface area contributed by atoms with Crippen LogP contribution in [0.25, 0.3) is 44.2 Å². The van der Waals surface area contributed by atoms with Gasteiger partial charge in [0.1, 0.15) is 0 Å². The topological polar surface area (TPSA) is 29.3 Å². The molecule has 4 aromatic rings. The molecule has 6 rings (SSSR count). The van der Waals surface area contributed by atoms with Gasteiger partial charge < -0.3 is 10.6 Å². The minimum atomic E-state index is 0.868. The summed E-state index contributed by atoms with van der Waals surface area (Å²) in [5.74, 6) is 0. The highest BCUT2D eigenvalue weighted by molar-refractivity contribution is 6.18. The van der Waals surface area contributed by atoms with Crippen molar-refractivity contribution in [2.24, 2.45) is 5.73 Å². The van der Waals surface area contributed by atoms with Crippen LogP contribution in [-0.4, -0.2) is 0 Å². The zero-order valence-corrected chi connectivity index (χ0v) is 22.0. The Morgan fingerprint density at radius 2 is 1.46 bits per heavy atom. The molecule has 0 aromatic heterocycles. The van der Waals surface area contributed by atoms with Gasteiger partial charge in [-0.3, -0.25) is 0 Å². The van der Waals surface area contributed by atoms with E-state index in [9.17, 15) is 0 Å². The monoisotopic (exact) mass is 482 g/mol. The quantitative estimate of drug-likeness (QED) is 0.253. The van der Waals surface area contributed by atoms with Crippen LogP contribution in [0.3, 0.4) is 0 Å². The van der Waals surface area contributed by atoms with E-state index >= 15 is 0 Å². The zero-order valence-electron chi connectivity index (χ0n) is 22.0. The Bertz CT molecular complexity index is 1540. The first-order chi connectivity index (χ1) is 18.2. The average Bonchev–Trinajstić information content (AvgIpc) is 3.27. The predicted octanol–water partition coefficient (Wildman–Crippen LogP) is 9.60. The van der Waals surface area contributed by atoms with Crippen LogP contribution in [0.2, 0.25) is 0 Å².